The molecule has 174 valence electrons. The van der Waals surface area contributed by atoms with Crippen molar-refractivity contribution < 1.29 is 13.2 Å². The number of sulfone groups is 1. The Balaban J connectivity index is 0.00000363. The van der Waals surface area contributed by atoms with Crippen LogP contribution in [-0.2, 0) is 15.3 Å². The molecule has 2 aromatic carbocycles. The third-order valence-electron chi connectivity index (χ3n) is 5.01. The third kappa shape index (κ3) is 5.86. The fourth-order valence-corrected chi connectivity index (χ4v) is 5.09. The van der Waals surface area contributed by atoms with Gasteiger partial charge in [0, 0.05) is 24.9 Å². The first-order chi connectivity index (χ1) is 14.4. The van der Waals surface area contributed by atoms with Crippen molar-refractivity contribution in [1.29, 1.82) is 0 Å². The first-order valence-corrected chi connectivity index (χ1v) is 12.8. The second kappa shape index (κ2) is 9.87. The lowest BCUT2D eigenvalue weighted by atomic mass is 9.86. The number of para-hydroxylation sites is 1. The van der Waals surface area contributed by atoms with E-state index in [1.54, 1.807) is 17.0 Å². The summed E-state index contributed by atoms with van der Waals surface area (Å²) in [6.45, 7) is 7.50. The molecule has 0 radical (unpaired) electrons. The number of fused-ring (bicyclic) bond motifs is 1. The number of carbonyl (C=O) groups is 1. The summed E-state index contributed by atoms with van der Waals surface area (Å²) in [5.41, 5.74) is 2.15. The molecule has 0 fully saturated rings. The molecule has 0 saturated heterocycles. The summed E-state index contributed by atoms with van der Waals surface area (Å²) in [4.78, 5) is 21.8. The average Bonchev–Trinajstić information content (AvgIpc) is 3.10. The molecule has 9 heteroatoms. The molecule has 3 aromatic rings. The van der Waals surface area contributed by atoms with Crippen LogP contribution in [0.25, 0.3) is 10.2 Å². The Morgan fingerprint density at radius 2 is 1.66 bits per heavy atom. The summed E-state index contributed by atoms with van der Waals surface area (Å²) < 4.78 is 25.1. The second-order valence-electron chi connectivity index (χ2n) is 8.96. The van der Waals surface area contributed by atoms with Crippen LogP contribution in [0, 0.1) is 0 Å². The molecular weight excluding hydrogens is 466 g/mol. The van der Waals surface area contributed by atoms with Gasteiger partial charge in [-0.15, -0.1) is 12.4 Å². The summed E-state index contributed by atoms with van der Waals surface area (Å²) in [6.07, 6.45) is 1.17. The lowest BCUT2D eigenvalue weighted by molar-refractivity contribution is 0.0985. The van der Waals surface area contributed by atoms with Crippen molar-refractivity contribution in [3.05, 3.63) is 53.6 Å². The zero-order valence-corrected chi connectivity index (χ0v) is 21.7. The third-order valence-corrected chi connectivity index (χ3v) is 7.19. The van der Waals surface area contributed by atoms with Gasteiger partial charge in [-0.25, -0.2) is 13.4 Å². The monoisotopic (exact) mass is 495 g/mol. The Morgan fingerprint density at radius 1 is 1.03 bits per heavy atom. The van der Waals surface area contributed by atoms with E-state index in [4.69, 9.17) is 0 Å². The number of anilines is 1. The largest absolute Gasteiger partial charge is 0.308 e. The van der Waals surface area contributed by atoms with E-state index < -0.39 is 9.84 Å². The molecule has 0 aliphatic heterocycles. The van der Waals surface area contributed by atoms with Crippen LogP contribution in [0.1, 0.15) is 36.7 Å². The number of hydrogen-bond acceptors (Lipinski definition) is 6. The summed E-state index contributed by atoms with van der Waals surface area (Å²) in [6, 6.07) is 12.8. The normalized spacial score (nSPS) is 12.1. The standard InChI is InChI=1S/C23H29N3O3S2.ClH/c1-23(2,3)17-12-10-16(11-13-17)21(27)26(15-14-25(4)5)22-24-20-18(30-22)8-7-9-19(20)31(6,28)29;/h7-13H,14-15H2,1-6H3;1H. The molecule has 3 rings (SSSR count). The highest BCUT2D eigenvalue weighted by atomic mass is 35.5. The van der Waals surface area contributed by atoms with Crippen molar-refractivity contribution in [2.24, 2.45) is 0 Å². The van der Waals surface area contributed by atoms with Gasteiger partial charge in [-0.1, -0.05) is 50.3 Å². The van der Waals surface area contributed by atoms with E-state index in [1.807, 2.05) is 49.3 Å². The molecule has 32 heavy (non-hydrogen) atoms. The SMILES string of the molecule is CN(C)CCN(C(=O)c1ccc(C(C)(C)C)cc1)c1nc2c(S(C)(=O)=O)cccc2s1.Cl. The van der Waals surface area contributed by atoms with Gasteiger partial charge in [0.25, 0.3) is 5.91 Å². The molecule has 0 aliphatic rings. The van der Waals surface area contributed by atoms with Gasteiger partial charge in [0.15, 0.2) is 15.0 Å². The predicted octanol–water partition coefficient (Wildman–Crippen LogP) is 4.63. The van der Waals surface area contributed by atoms with Crippen LogP contribution in [0.3, 0.4) is 0 Å². The number of aromatic nitrogens is 1. The number of hydrogen-bond donors (Lipinski definition) is 0. The van der Waals surface area contributed by atoms with Gasteiger partial charge in [-0.2, -0.15) is 0 Å². The number of likely N-dealkylation sites (N-methyl/N-ethyl adjacent to an activating group) is 1. The lowest BCUT2D eigenvalue weighted by Gasteiger charge is -2.23. The quantitative estimate of drug-likeness (QED) is 0.498. The van der Waals surface area contributed by atoms with Gasteiger partial charge in [-0.05, 0) is 49.3 Å². The summed E-state index contributed by atoms with van der Waals surface area (Å²) in [5, 5.41) is 0.498. The van der Waals surface area contributed by atoms with Gasteiger partial charge in [0.1, 0.15) is 5.52 Å². The number of halogens is 1. The summed E-state index contributed by atoms with van der Waals surface area (Å²) in [7, 11) is 0.464. The van der Waals surface area contributed by atoms with Crippen LogP contribution < -0.4 is 4.90 Å². The molecule has 1 aromatic heterocycles. The zero-order valence-electron chi connectivity index (χ0n) is 19.2. The highest BCUT2D eigenvalue weighted by Gasteiger charge is 2.24. The number of nitrogens with zero attached hydrogens (tertiary/aromatic N) is 3. The van der Waals surface area contributed by atoms with Gasteiger partial charge in [0.2, 0.25) is 0 Å². The molecule has 0 unspecified atom stereocenters. The number of benzene rings is 2. The van der Waals surface area contributed by atoms with Gasteiger partial charge < -0.3 is 4.90 Å². The van der Waals surface area contributed by atoms with Crippen LogP contribution in [0.5, 0.6) is 0 Å². The zero-order chi connectivity index (χ0) is 23.0. The number of amides is 1. The first-order valence-electron chi connectivity index (χ1n) is 10.0. The molecule has 0 bridgehead atoms. The molecule has 0 atom stereocenters. The van der Waals surface area contributed by atoms with Crippen molar-refractivity contribution in [2.75, 3.05) is 38.3 Å². The number of carbonyl (C=O) groups excluding carboxylic acids is 1. The smallest absolute Gasteiger partial charge is 0.260 e. The minimum atomic E-state index is -3.43. The van der Waals surface area contributed by atoms with Gasteiger partial charge in [-0.3, -0.25) is 9.69 Å². The van der Waals surface area contributed by atoms with Crippen LogP contribution in [-0.4, -0.2) is 57.6 Å². The summed E-state index contributed by atoms with van der Waals surface area (Å²) in [5.74, 6) is -0.151. The molecule has 0 N–H and O–H groups in total. The molecule has 0 aliphatic carbocycles. The number of rotatable bonds is 6. The van der Waals surface area contributed by atoms with Crippen molar-refractivity contribution in [3.63, 3.8) is 0 Å². The molecular formula is C23H30ClN3O3S2. The van der Waals surface area contributed by atoms with Gasteiger partial charge >= 0.3 is 0 Å². The van der Waals surface area contributed by atoms with E-state index in [0.717, 1.165) is 10.3 Å². The molecule has 1 heterocycles. The molecule has 0 spiro atoms. The van der Waals surface area contributed by atoms with E-state index >= 15 is 0 Å². The van der Waals surface area contributed by atoms with Crippen LogP contribution in [0.4, 0.5) is 5.13 Å². The number of thiazole rings is 1. The fraction of sp³-hybridized carbons (Fsp3) is 0.391. The van der Waals surface area contributed by atoms with E-state index in [-0.39, 0.29) is 28.6 Å². The highest BCUT2D eigenvalue weighted by Crippen LogP contribution is 2.33. The molecule has 6 nitrogen and oxygen atoms in total. The molecule has 1 amide bonds. The minimum absolute atomic E-state index is 0. The predicted molar refractivity (Wildman–Crippen MR) is 135 cm³/mol. The van der Waals surface area contributed by atoms with E-state index in [2.05, 4.69) is 25.8 Å². The second-order valence-corrected chi connectivity index (χ2v) is 12.0. The first kappa shape index (κ1) is 26.3. The summed E-state index contributed by atoms with van der Waals surface area (Å²) >= 11 is 1.33. The fourth-order valence-electron chi connectivity index (χ4n) is 3.18. The van der Waals surface area contributed by atoms with Crippen LogP contribution >= 0.6 is 23.7 Å². The van der Waals surface area contributed by atoms with Crippen molar-refractivity contribution >= 4 is 54.8 Å². The maximum atomic E-state index is 13.4. The van der Waals surface area contributed by atoms with Crippen molar-refractivity contribution in [2.45, 2.75) is 31.1 Å². The maximum absolute atomic E-state index is 13.4. The van der Waals surface area contributed by atoms with Crippen molar-refractivity contribution in [3.8, 4) is 0 Å². The Kier molecular flexibility index (Phi) is 8.10. The maximum Gasteiger partial charge on any atom is 0.260 e. The molecule has 0 saturated carbocycles. The Labute approximate surface area is 200 Å². The van der Waals surface area contributed by atoms with E-state index in [9.17, 15) is 13.2 Å². The Morgan fingerprint density at radius 3 is 2.19 bits per heavy atom. The average molecular weight is 496 g/mol. The van der Waals surface area contributed by atoms with E-state index in [0.29, 0.717) is 29.3 Å². The van der Waals surface area contributed by atoms with Crippen LogP contribution in [0.15, 0.2) is 47.4 Å². The van der Waals surface area contributed by atoms with Crippen LogP contribution in [0.2, 0.25) is 0 Å². The van der Waals surface area contributed by atoms with Gasteiger partial charge in [0.05, 0.1) is 9.60 Å². The van der Waals surface area contributed by atoms with E-state index in [1.165, 1.54) is 17.6 Å². The Hall–Kier alpha value is -2.00. The minimum Gasteiger partial charge on any atom is -0.308 e. The lowest BCUT2D eigenvalue weighted by Crippen LogP contribution is -2.36. The topological polar surface area (TPSA) is 70.6 Å². The Bertz CT molecular complexity index is 1200. The van der Waals surface area contributed by atoms with Crippen molar-refractivity contribution in [1.82, 2.24) is 9.88 Å². The highest BCUT2D eigenvalue weighted by molar-refractivity contribution is 7.91.